The van der Waals surface area contributed by atoms with Crippen LogP contribution in [-0.2, 0) is 9.53 Å². The van der Waals surface area contributed by atoms with Crippen molar-refractivity contribution in [2.24, 2.45) is 0 Å². The van der Waals surface area contributed by atoms with Crippen molar-refractivity contribution in [2.45, 2.75) is 44.3 Å². The number of ether oxygens (including phenoxy) is 1. The molecule has 56 valence electrons. The maximum absolute atomic E-state index is 11.3. The summed E-state index contributed by atoms with van der Waals surface area (Å²) in [5.41, 5.74) is -0.386. The summed E-state index contributed by atoms with van der Waals surface area (Å²) in [6, 6.07) is 0. The van der Waals surface area contributed by atoms with Crippen LogP contribution in [0.1, 0.15) is 32.6 Å². The molecule has 2 heteroatoms. The van der Waals surface area contributed by atoms with Crippen LogP contribution in [0.2, 0.25) is 0 Å². The molecule has 0 aromatic heterocycles. The van der Waals surface area contributed by atoms with E-state index in [1.54, 1.807) is 0 Å². The van der Waals surface area contributed by atoms with E-state index in [2.05, 4.69) is 0 Å². The van der Waals surface area contributed by atoms with Crippen molar-refractivity contribution in [3.05, 3.63) is 0 Å². The molecule has 2 saturated heterocycles. The molecule has 10 heavy (non-hydrogen) atoms. The molecule has 2 heterocycles. The van der Waals surface area contributed by atoms with Crippen molar-refractivity contribution in [3.63, 3.8) is 0 Å². The van der Waals surface area contributed by atoms with Gasteiger partial charge >= 0.3 is 0 Å². The summed E-state index contributed by atoms with van der Waals surface area (Å²) in [5, 5.41) is 0. The number of Topliss-reactive ketones (excluding diaryl/α,β-unsaturated/α-hetero) is 1. The molecule has 0 aromatic carbocycles. The lowest BCUT2D eigenvalue weighted by Gasteiger charge is -2.27. The SMILES string of the molecule is C[C@]12CCC[C@H](CC1=O)O2. The molecule has 0 amide bonds. The molecule has 2 aliphatic rings. The van der Waals surface area contributed by atoms with Gasteiger partial charge < -0.3 is 4.74 Å². The lowest BCUT2D eigenvalue weighted by atomic mass is 9.96. The summed E-state index contributed by atoms with van der Waals surface area (Å²) < 4.78 is 5.55. The summed E-state index contributed by atoms with van der Waals surface area (Å²) in [4.78, 5) is 11.3. The highest BCUT2D eigenvalue weighted by atomic mass is 16.5. The minimum atomic E-state index is -0.386. The second-order valence-electron chi connectivity index (χ2n) is 3.49. The number of ketones is 1. The van der Waals surface area contributed by atoms with Crippen molar-refractivity contribution in [3.8, 4) is 0 Å². The minimum absolute atomic E-state index is 0.256. The highest BCUT2D eigenvalue weighted by Crippen LogP contribution is 2.37. The number of rotatable bonds is 0. The summed E-state index contributed by atoms with van der Waals surface area (Å²) in [6.07, 6.45) is 4.10. The third kappa shape index (κ3) is 0.717. The molecule has 2 aliphatic heterocycles. The zero-order valence-electron chi connectivity index (χ0n) is 6.22. The van der Waals surface area contributed by atoms with Gasteiger partial charge in [-0.2, -0.15) is 0 Å². The molecule has 2 fully saturated rings. The molecule has 2 atom stereocenters. The fraction of sp³-hybridized carbons (Fsp3) is 0.875. The molecule has 0 radical (unpaired) electrons. The molecule has 2 rings (SSSR count). The Morgan fingerprint density at radius 2 is 2.50 bits per heavy atom. The van der Waals surface area contributed by atoms with Gasteiger partial charge in [0.05, 0.1) is 6.10 Å². The average Bonchev–Trinajstić information content (AvgIpc) is 2.04. The first kappa shape index (κ1) is 6.35. The van der Waals surface area contributed by atoms with Crippen molar-refractivity contribution in [2.75, 3.05) is 0 Å². The highest BCUT2D eigenvalue weighted by molar-refractivity contribution is 5.89. The predicted octanol–water partition coefficient (Wildman–Crippen LogP) is 1.29. The van der Waals surface area contributed by atoms with Gasteiger partial charge in [-0.15, -0.1) is 0 Å². The number of carbonyl (C=O) groups excluding carboxylic acids is 1. The van der Waals surface area contributed by atoms with Crippen LogP contribution in [-0.4, -0.2) is 17.5 Å². The molecule has 0 spiro atoms. The van der Waals surface area contributed by atoms with Gasteiger partial charge in [0.25, 0.3) is 0 Å². The standard InChI is InChI=1S/C8H12O2/c1-8-4-2-3-6(10-8)5-7(8)9/h6H,2-5H2,1H3/t6-,8+/m1/s1. The van der Waals surface area contributed by atoms with E-state index in [-0.39, 0.29) is 11.7 Å². The molecule has 2 nitrogen and oxygen atoms in total. The largest absolute Gasteiger partial charge is 0.364 e. The van der Waals surface area contributed by atoms with Crippen molar-refractivity contribution >= 4 is 5.78 Å². The lowest BCUT2D eigenvalue weighted by molar-refractivity contribution is -0.135. The van der Waals surface area contributed by atoms with Gasteiger partial charge in [0.2, 0.25) is 0 Å². The van der Waals surface area contributed by atoms with Gasteiger partial charge in [-0.25, -0.2) is 0 Å². The van der Waals surface area contributed by atoms with E-state index in [1.807, 2.05) is 6.92 Å². The summed E-state index contributed by atoms with van der Waals surface area (Å²) in [6.45, 7) is 1.93. The van der Waals surface area contributed by atoms with E-state index in [0.29, 0.717) is 12.2 Å². The Hall–Kier alpha value is -0.370. The van der Waals surface area contributed by atoms with Crippen LogP contribution in [0, 0.1) is 0 Å². The second kappa shape index (κ2) is 1.82. The second-order valence-corrected chi connectivity index (χ2v) is 3.49. The van der Waals surface area contributed by atoms with E-state index in [9.17, 15) is 4.79 Å². The van der Waals surface area contributed by atoms with Crippen molar-refractivity contribution in [1.29, 1.82) is 0 Å². The quantitative estimate of drug-likeness (QED) is 0.506. The van der Waals surface area contributed by atoms with E-state index in [4.69, 9.17) is 4.74 Å². The molecular formula is C8H12O2. The number of hydrogen-bond donors (Lipinski definition) is 0. The first-order chi connectivity index (χ1) is 4.71. The Morgan fingerprint density at radius 1 is 1.70 bits per heavy atom. The van der Waals surface area contributed by atoms with Gasteiger partial charge in [0, 0.05) is 6.42 Å². The summed E-state index contributed by atoms with van der Waals surface area (Å²) in [5.74, 6) is 0.315. The smallest absolute Gasteiger partial charge is 0.166 e. The van der Waals surface area contributed by atoms with E-state index >= 15 is 0 Å². The average molecular weight is 140 g/mol. The summed E-state index contributed by atoms with van der Waals surface area (Å²) >= 11 is 0. The van der Waals surface area contributed by atoms with Gasteiger partial charge in [-0.1, -0.05) is 0 Å². The third-order valence-corrected chi connectivity index (χ3v) is 2.61. The third-order valence-electron chi connectivity index (χ3n) is 2.61. The Bertz CT molecular complexity index is 176. The van der Waals surface area contributed by atoms with Gasteiger partial charge in [0.15, 0.2) is 5.78 Å². The Kier molecular flexibility index (Phi) is 1.15. The maximum atomic E-state index is 11.3. The first-order valence-corrected chi connectivity index (χ1v) is 3.92. The predicted molar refractivity (Wildman–Crippen MR) is 36.8 cm³/mol. The maximum Gasteiger partial charge on any atom is 0.166 e. The van der Waals surface area contributed by atoms with Gasteiger partial charge in [0.1, 0.15) is 5.60 Å². The Balaban J connectivity index is 2.26. The fourth-order valence-corrected chi connectivity index (χ4v) is 1.92. The molecule has 0 aromatic rings. The fourth-order valence-electron chi connectivity index (χ4n) is 1.92. The number of hydrogen-bond acceptors (Lipinski definition) is 2. The molecule has 0 unspecified atom stereocenters. The summed E-state index contributed by atoms with van der Waals surface area (Å²) in [7, 11) is 0. The molecule has 0 N–H and O–H groups in total. The van der Waals surface area contributed by atoms with Gasteiger partial charge in [-0.05, 0) is 26.2 Å². The minimum Gasteiger partial charge on any atom is -0.364 e. The van der Waals surface area contributed by atoms with Gasteiger partial charge in [-0.3, -0.25) is 4.79 Å². The normalized spacial score (nSPS) is 46.1. The van der Waals surface area contributed by atoms with Crippen LogP contribution < -0.4 is 0 Å². The van der Waals surface area contributed by atoms with Crippen molar-refractivity contribution in [1.82, 2.24) is 0 Å². The van der Waals surface area contributed by atoms with E-state index < -0.39 is 0 Å². The van der Waals surface area contributed by atoms with Crippen LogP contribution in [0.3, 0.4) is 0 Å². The van der Waals surface area contributed by atoms with Crippen LogP contribution >= 0.6 is 0 Å². The topological polar surface area (TPSA) is 26.3 Å². The van der Waals surface area contributed by atoms with E-state index in [0.717, 1.165) is 19.3 Å². The Labute approximate surface area is 60.6 Å². The number of fused-ring (bicyclic) bond motifs is 2. The van der Waals surface area contributed by atoms with Crippen LogP contribution in [0.4, 0.5) is 0 Å². The molecule has 2 bridgehead atoms. The van der Waals surface area contributed by atoms with Crippen LogP contribution in [0.15, 0.2) is 0 Å². The van der Waals surface area contributed by atoms with Crippen LogP contribution in [0.25, 0.3) is 0 Å². The Morgan fingerprint density at radius 3 is 3.10 bits per heavy atom. The molecule has 0 saturated carbocycles. The zero-order valence-corrected chi connectivity index (χ0v) is 6.22. The monoisotopic (exact) mass is 140 g/mol. The molecular weight excluding hydrogens is 128 g/mol. The lowest BCUT2D eigenvalue weighted by Crippen LogP contribution is -2.34. The zero-order chi connectivity index (χ0) is 7.19. The van der Waals surface area contributed by atoms with Crippen molar-refractivity contribution < 1.29 is 9.53 Å². The highest BCUT2D eigenvalue weighted by Gasteiger charge is 2.46. The van der Waals surface area contributed by atoms with E-state index in [1.165, 1.54) is 0 Å². The number of carbonyl (C=O) groups is 1. The van der Waals surface area contributed by atoms with Crippen LogP contribution in [0.5, 0.6) is 0 Å². The molecule has 0 aliphatic carbocycles. The first-order valence-electron chi connectivity index (χ1n) is 3.92.